The second-order valence-corrected chi connectivity index (χ2v) is 7.29. The lowest BCUT2D eigenvalue weighted by Gasteiger charge is -2.07. The molecule has 0 aliphatic carbocycles. The third kappa shape index (κ3) is 1.90. The van der Waals surface area contributed by atoms with E-state index in [0.717, 1.165) is 55.1 Å². The molecule has 3 heterocycles. The molecule has 0 aliphatic heterocycles. The number of hydrogen-bond donors (Lipinski definition) is 0. The Morgan fingerprint density at radius 3 is 2.52 bits per heavy atom. The molecule has 4 heteroatoms. The van der Waals surface area contributed by atoms with Crippen molar-refractivity contribution in [2.75, 3.05) is 0 Å². The summed E-state index contributed by atoms with van der Waals surface area (Å²) in [4.78, 5) is 4.33. The van der Waals surface area contributed by atoms with Gasteiger partial charge < -0.3 is 13.4 Å². The molecule has 4 nitrogen and oxygen atoms in total. The van der Waals surface area contributed by atoms with Crippen molar-refractivity contribution in [3.8, 4) is 5.69 Å². The van der Waals surface area contributed by atoms with Gasteiger partial charge in [0, 0.05) is 21.8 Å². The number of furan rings is 1. The molecule has 0 radical (unpaired) electrons. The highest BCUT2D eigenvalue weighted by atomic mass is 16.3. The zero-order valence-electron chi connectivity index (χ0n) is 15.3. The van der Waals surface area contributed by atoms with Gasteiger partial charge in [-0.3, -0.25) is 0 Å². The first-order chi connectivity index (χ1) is 14.4. The van der Waals surface area contributed by atoms with Gasteiger partial charge in [-0.2, -0.15) is 0 Å². The van der Waals surface area contributed by atoms with Crippen LogP contribution in [0.25, 0.3) is 60.5 Å². The largest absolute Gasteiger partial charge is 0.455 e. The van der Waals surface area contributed by atoms with Crippen LogP contribution in [0.1, 0.15) is 0 Å². The second kappa shape index (κ2) is 5.26. The highest BCUT2D eigenvalue weighted by Crippen LogP contribution is 2.40. The smallest absolute Gasteiger partial charge is 0.181 e. The van der Waals surface area contributed by atoms with E-state index in [0.29, 0.717) is 0 Å². The zero-order valence-corrected chi connectivity index (χ0v) is 15.3. The molecule has 7 aromatic rings. The number of benzene rings is 4. The molecule has 136 valence electrons. The van der Waals surface area contributed by atoms with Crippen LogP contribution in [0.2, 0.25) is 0 Å². The van der Waals surface area contributed by atoms with Gasteiger partial charge in [-0.15, -0.1) is 0 Å². The first kappa shape index (κ1) is 14.9. The van der Waals surface area contributed by atoms with Crippen LogP contribution in [0.4, 0.5) is 0 Å². The lowest BCUT2D eigenvalue weighted by Crippen LogP contribution is -1.93. The van der Waals surface area contributed by atoms with Gasteiger partial charge in [-0.05, 0) is 42.5 Å². The first-order valence-electron chi connectivity index (χ1n) is 9.55. The molecule has 0 fully saturated rings. The average molecular weight is 374 g/mol. The Kier molecular flexibility index (Phi) is 2.71. The molecule has 0 atom stereocenters. The Morgan fingerprint density at radius 2 is 1.55 bits per heavy atom. The number of fused-ring (bicyclic) bond motifs is 8. The third-order valence-electron chi connectivity index (χ3n) is 5.75. The molecule has 0 N–H and O–H groups in total. The van der Waals surface area contributed by atoms with Crippen LogP contribution in [0.5, 0.6) is 0 Å². The number of nitrogens with zero attached hydrogens (tertiary/aromatic N) is 2. The Labute approximate surface area is 164 Å². The molecule has 29 heavy (non-hydrogen) atoms. The molecule has 0 saturated heterocycles. The fourth-order valence-corrected chi connectivity index (χ4v) is 4.50. The summed E-state index contributed by atoms with van der Waals surface area (Å²) in [6.07, 6.45) is 1.48. The van der Waals surface area contributed by atoms with Gasteiger partial charge in [0.1, 0.15) is 16.7 Å². The fourth-order valence-electron chi connectivity index (χ4n) is 4.50. The van der Waals surface area contributed by atoms with Crippen molar-refractivity contribution in [1.29, 1.82) is 0 Å². The molecule has 0 spiro atoms. The maximum absolute atomic E-state index is 6.34. The third-order valence-corrected chi connectivity index (χ3v) is 5.75. The molecule has 0 amide bonds. The van der Waals surface area contributed by atoms with Crippen molar-refractivity contribution >= 4 is 54.8 Å². The van der Waals surface area contributed by atoms with E-state index >= 15 is 0 Å². The summed E-state index contributed by atoms with van der Waals surface area (Å²) in [6, 6.07) is 27.1. The maximum atomic E-state index is 6.34. The van der Waals surface area contributed by atoms with Gasteiger partial charge in [0.05, 0.1) is 16.4 Å². The van der Waals surface area contributed by atoms with E-state index in [-0.39, 0.29) is 0 Å². The Hall–Kier alpha value is -4.05. The zero-order chi connectivity index (χ0) is 18.9. The fraction of sp³-hybridized carbons (Fsp3) is 0. The summed E-state index contributed by atoms with van der Waals surface area (Å²) in [6.45, 7) is 0. The van der Waals surface area contributed by atoms with Gasteiger partial charge in [0.2, 0.25) is 0 Å². The normalized spacial score (nSPS) is 12.1. The van der Waals surface area contributed by atoms with Gasteiger partial charge in [0.25, 0.3) is 0 Å². The Morgan fingerprint density at radius 1 is 0.690 bits per heavy atom. The van der Waals surface area contributed by atoms with E-state index < -0.39 is 0 Å². The SMILES string of the molecule is c1ccc2c(c1)oc1c2ccc2c1c1ccccc1n2-c1ccc2ocnc2c1. The number of oxazole rings is 1. The number of hydrogen-bond acceptors (Lipinski definition) is 3. The van der Waals surface area contributed by atoms with Crippen molar-refractivity contribution in [2.45, 2.75) is 0 Å². The average Bonchev–Trinajstić information content (AvgIpc) is 3.46. The second-order valence-electron chi connectivity index (χ2n) is 7.29. The van der Waals surface area contributed by atoms with Crippen LogP contribution < -0.4 is 0 Å². The van der Waals surface area contributed by atoms with Gasteiger partial charge in [-0.1, -0.05) is 36.4 Å². The van der Waals surface area contributed by atoms with Gasteiger partial charge in [-0.25, -0.2) is 4.98 Å². The van der Waals surface area contributed by atoms with Gasteiger partial charge in [0.15, 0.2) is 12.0 Å². The van der Waals surface area contributed by atoms with Crippen LogP contribution in [-0.2, 0) is 0 Å². The molecule has 0 bridgehead atoms. The Balaban J connectivity index is 1.69. The van der Waals surface area contributed by atoms with Crippen molar-refractivity contribution in [3.63, 3.8) is 0 Å². The number of para-hydroxylation sites is 2. The maximum Gasteiger partial charge on any atom is 0.181 e. The van der Waals surface area contributed by atoms with E-state index in [1.165, 1.54) is 11.8 Å². The quantitative estimate of drug-likeness (QED) is 0.316. The molecule has 7 rings (SSSR count). The summed E-state index contributed by atoms with van der Waals surface area (Å²) in [7, 11) is 0. The highest BCUT2D eigenvalue weighted by molar-refractivity contribution is 6.23. The van der Waals surface area contributed by atoms with E-state index in [2.05, 4.69) is 70.2 Å². The molecular weight excluding hydrogens is 360 g/mol. The van der Waals surface area contributed by atoms with Crippen LogP contribution in [-0.4, -0.2) is 9.55 Å². The minimum Gasteiger partial charge on any atom is -0.455 e. The van der Waals surface area contributed by atoms with Crippen LogP contribution >= 0.6 is 0 Å². The van der Waals surface area contributed by atoms with E-state index in [4.69, 9.17) is 8.83 Å². The van der Waals surface area contributed by atoms with Crippen LogP contribution in [0, 0.1) is 0 Å². The van der Waals surface area contributed by atoms with Crippen molar-refractivity contribution in [2.24, 2.45) is 0 Å². The minimum atomic E-state index is 0.786. The summed E-state index contributed by atoms with van der Waals surface area (Å²) in [5.74, 6) is 0. The number of aromatic nitrogens is 2. The summed E-state index contributed by atoms with van der Waals surface area (Å²) in [5.41, 5.74) is 6.77. The first-order valence-corrected chi connectivity index (χ1v) is 9.55. The monoisotopic (exact) mass is 374 g/mol. The molecular formula is C25H14N2O2. The number of rotatable bonds is 1. The van der Waals surface area contributed by atoms with E-state index in [1.807, 2.05) is 18.2 Å². The van der Waals surface area contributed by atoms with Crippen molar-refractivity contribution < 1.29 is 8.83 Å². The molecule has 0 unspecified atom stereocenters. The molecule has 4 aromatic carbocycles. The Bertz CT molecular complexity index is 1720. The molecule has 3 aromatic heterocycles. The lowest BCUT2D eigenvalue weighted by atomic mass is 10.1. The van der Waals surface area contributed by atoms with Gasteiger partial charge >= 0.3 is 0 Å². The lowest BCUT2D eigenvalue weighted by molar-refractivity contribution is 0.602. The van der Waals surface area contributed by atoms with Crippen LogP contribution in [0.15, 0.2) is 94.1 Å². The standard InChI is InChI=1S/C25H14N2O2/c1-3-7-20-18(6-1)24-21(27(20)15-9-12-23-19(13-15)26-14-28-23)11-10-17-16-5-2-4-8-22(16)29-25(17)24/h1-14H. The van der Waals surface area contributed by atoms with Crippen molar-refractivity contribution in [1.82, 2.24) is 9.55 Å². The highest BCUT2D eigenvalue weighted by Gasteiger charge is 2.18. The summed E-state index contributed by atoms with van der Waals surface area (Å²) >= 11 is 0. The molecule has 0 saturated carbocycles. The summed E-state index contributed by atoms with van der Waals surface area (Å²) < 4.78 is 14.0. The predicted octanol–water partition coefficient (Wildman–Crippen LogP) is 6.82. The van der Waals surface area contributed by atoms with Crippen molar-refractivity contribution in [3.05, 3.63) is 85.3 Å². The van der Waals surface area contributed by atoms with Crippen LogP contribution in [0.3, 0.4) is 0 Å². The van der Waals surface area contributed by atoms with E-state index in [9.17, 15) is 0 Å². The van der Waals surface area contributed by atoms with E-state index in [1.54, 1.807) is 0 Å². The summed E-state index contributed by atoms with van der Waals surface area (Å²) in [5, 5.41) is 4.59. The minimum absolute atomic E-state index is 0.786. The molecule has 0 aliphatic rings. The predicted molar refractivity (Wildman–Crippen MR) is 116 cm³/mol. The topological polar surface area (TPSA) is 44.1 Å².